The molecule has 3 aliphatic rings. The number of carboxylic acids is 1. The first-order valence-corrected chi connectivity index (χ1v) is 6.61. The summed E-state index contributed by atoms with van der Waals surface area (Å²) in [6, 6.07) is 0.225. The van der Waals surface area contributed by atoms with Gasteiger partial charge in [-0.1, -0.05) is 26.0 Å². The predicted molar refractivity (Wildman–Crippen MR) is 65.7 cm³/mol. The van der Waals surface area contributed by atoms with Crippen molar-refractivity contribution >= 4 is 11.9 Å². The highest BCUT2D eigenvalue weighted by Crippen LogP contribution is 2.49. The number of fused-ring (bicyclic) bond motifs is 2. The third-order valence-electron chi connectivity index (χ3n) is 4.88. The SMILES string of the molecule is CC1(C)CC1NC(=O)C1C2C=CC(C2)C1C(=O)O. The molecule has 0 aromatic heterocycles. The van der Waals surface area contributed by atoms with Crippen molar-refractivity contribution in [2.45, 2.75) is 32.7 Å². The molecule has 4 heteroatoms. The first-order chi connectivity index (χ1) is 8.40. The van der Waals surface area contributed by atoms with Crippen LogP contribution in [0, 0.1) is 29.1 Å². The Morgan fingerprint density at radius 3 is 2.28 bits per heavy atom. The second-order valence-corrected chi connectivity index (χ2v) is 6.59. The Morgan fingerprint density at radius 2 is 1.78 bits per heavy atom. The minimum atomic E-state index is -0.831. The maximum absolute atomic E-state index is 12.3. The molecule has 0 spiro atoms. The molecule has 3 rings (SSSR count). The maximum atomic E-state index is 12.3. The molecule has 4 nitrogen and oxygen atoms in total. The molecular formula is C14H19NO3. The molecule has 0 radical (unpaired) electrons. The molecule has 2 bridgehead atoms. The van der Waals surface area contributed by atoms with Crippen molar-refractivity contribution in [1.29, 1.82) is 0 Å². The van der Waals surface area contributed by atoms with Crippen molar-refractivity contribution in [2.24, 2.45) is 29.1 Å². The van der Waals surface area contributed by atoms with Crippen molar-refractivity contribution in [3.63, 3.8) is 0 Å². The summed E-state index contributed by atoms with van der Waals surface area (Å²) in [5, 5.41) is 12.3. The van der Waals surface area contributed by atoms with Crippen LogP contribution in [0.15, 0.2) is 12.2 Å². The molecule has 2 N–H and O–H groups in total. The van der Waals surface area contributed by atoms with E-state index in [-0.39, 0.29) is 35.1 Å². The topological polar surface area (TPSA) is 66.4 Å². The van der Waals surface area contributed by atoms with Gasteiger partial charge >= 0.3 is 5.97 Å². The summed E-state index contributed by atoms with van der Waals surface area (Å²) in [7, 11) is 0. The van der Waals surface area contributed by atoms with E-state index >= 15 is 0 Å². The summed E-state index contributed by atoms with van der Waals surface area (Å²) in [5.41, 5.74) is 0.182. The van der Waals surface area contributed by atoms with E-state index in [1.165, 1.54) is 0 Å². The predicted octanol–water partition coefficient (Wildman–Crippen LogP) is 1.42. The first-order valence-electron chi connectivity index (χ1n) is 6.61. The third-order valence-corrected chi connectivity index (χ3v) is 4.88. The molecule has 2 saturated carbocycles. The molecule has 1 amide bonds. The Balaban J connectivity index is 1.73. The van der Waals surface area contributed by atoms with Gasteiger partial charge < -0.3 is 10.4 Å². The Bertz CT molecular complexity index is 440. The van der Waals surface area contributed by atoms with Crippen LogP contribution in [0.1, 0.15) is 26.7 Å². The second-order valence-electron chi connectivity index (χ2n) is 6.59. The zero-order chi connectivity index (χ0) is 13.1. The van der Waals surface area contributed by atoms with E-state index in [1.54, 1.807) is 0 Å². The van der Waals surface area contributed by atoms with Gasteiger partial charge in [0.2, 0.25) is 5.91 Å². The fourth-order valence-electron chi connectivity index (χ4n) is 3.50. The lowest BCUT2D eigenvalue weighted by Gasteiger charge is -2.24. The fraction of sp³-hybridized carbons (Fsp3) is 0.714. The average Bonchev–Trinajstić information content (AvgIpc) is 2.73. The number of hydrogen-bond acceptors (Lipinski definition) is 2. The number of carbonyl (C=O) groups is 2. The highest BCUT2D eigenvalue weighted by molar-refractivity contribution is 5.87. The molecular weight excluding hydrogens is 230 g/mol. The molecule has 3 aliphatic carbocycles. The van der Waals surface area contributed by atoms with Crippen LogP contribution in [-0.2, 0) is 9.59 Å². The van der Waals surface area contributed by atoms with Gasteiger partial charge in [0.1, 0.15) is 0 Å². The number of carboxylic acid groups (broad SMARTS) is 1. The van der Waals surface area contributed by atoms with Crippen LogP contribution in [0.3, 0.4) is 0 Å². The van der Waals surface area contributed by atoms with E-state index < -0.39 is 11.9 Å². The number of carbonyl (C=O) groups excluding carboxylic acids is 1. The molecule has 18 heavy (non-hydrogen) atoms. The van der Waals surface area contributed by atoms with Crippen LogP contribution < -0.4 is 5.32 Å². The van der Waals surface area contributed by atoms with Gasteiger partial charge in [0.05, 0.1) is 11.8 Å². The van der Waals surface area contributed by atoms with E-state index in [1.807, 2.05) is 12.2 Å². The van der Waals surface area contributed by atoms with E-state index in [4.69, 9.17) is 0 Å². The highest BCUT2D eigenvalue weighted by atomic mass is 16.4. The van der Waals surface area contributed by atoms with Crippen LogP contribution >= 0.6 is 0 Å². The van der Waals surface area contributed by atoms with Gasteiger partial charge in [0.15, 0.2) is 0 Å². The number of hydrogen-bond donors (Lipinski definition) is 2. The minimum absolute atomic E-state index is 0.0514. The molecule has 98 valence electrons. The first kappa shape index (κ1) is 11.8. The molecule has 5 atom stereocenters. The standard InChI is InChI=1S/C14H19NO3/c1-14(2)6-9(14)15-12(16)10-7-3-4-8(5-7)11(10)13(17)18/h3-4,7-11H,5-6H2,1-2H3,(H,15,16)(H,17,18). The van der Waals surface area contributed by atoms with Gasteiger partial charge in [0.25, 0.3) is 0 Å². The van der Waals surface area contributed by atoms with Gasteiger partial charge in [-0.2, -0.15) is 0 Å². The summed E-state index contributed by atoms with van der Waals surface area (Å²) >= 11 is 0. The lowest BCUT2D eigenvalue weighted by molar-refractivity contribution is -0.147. The number of nitrogens with one attached hydrogen (secondary N) is 1. The molecule has 0 saturated heterocycles. The van der Waals surface area contributed by atoms with Crippen LogP contribution in [0.2, 0.25) is 0 Å². The number of rotatable bonds is 3. The highest BCUT2D eigenvalue weighted by Gasteiger charge is 2.54. The summed E-state index contributed by atoms with van der Waals surface area (Å²) in [5.74, 6) is -1.61. The van der Waals surface area contributed by atoms with E-state index in [2.05, 4.69) is 19.2 Å². The minimum Gasteiger partial charge on any atom is -0.481 e. The van der Waals surface area contributed by atoms with Crippen molar-refractivity contribution in [3.05, 3.63) is 12.2 Å². The number of amides is 1. The van der Waals surface area contributed by atoms with E-state index in [0.29, 0.717) is 0 Å². The summed E-state index contributed by atoms with van der Waals surface area (Å²) < 4.78 is 0. The van der Waals surface area contributed by atoms with Gasteiger partial charge in [-0.05, 0) is 30.1 Å². The Morgan fingerprint density at radius 1 is 1.22 bits per heavy atom. The summed E-state index contributed by atoms with van der Waals surface area (Å²) in [4.78, 5) is 23.6. The van der Waals surface area contributed by atoms with Gasteiger partial charge in [0, 0.05) is 6.04 Å². The van der Waals surface area contributed by atoms with Crippen molar-refractivity contribution in [3.8, 4) is 0 Å². The van der Waals surface area contributed by atoms with Crippen molar-refractivity contribution < 1.29 is 14.7 Å². The van der Waals surface area contributed by atoms with Gasteiger partial charge in [-0.25, -0.2) is 0 Å². The molecule has 2 fully saturated rings. The third kappa shape index (κ3) is 1.66. The van der Waals surface area contributed by atoms with Crippen LogP contribution in [0.4, 0.5) is 0 Å². The monoisotopic (exact) mass is 249 g/mol. The lowest BCUT2D eigenvalue weighted by Crippen LogP contribution is -2.41. The largest absolute Gasteiger partial charge is 0.481 e. The molecule has 5 unspecified atom stereocenters. The molecule has 0 heterocycles. The Kier molecular flexibility index (Phi) is 2.34. The normalized spacial score (nSPS) is 42.9. The maximum Gasteiger partial charge on any atom is 0.307 e. The molecule has 0 aliphatic heterocycles. The second kappa shape index (κ2) is 3.59. The number of aliphatic carboxylic acids is 1. The van der Waals surface area contributed by atoms with E-state index in [9.17, 15) is 14.7 Å². The smallest absolute Gasteiger partial charge is 0.307 e. The van der Waals surface area contributed by atoms with Crippen LogP contribution in [-0.4, -0.2) is 23.0 Å². The summed E-state index contributed by atoms with van der Waals surface area (Å²) in [6.07, 6.45) is 5.80. The van der Waals surface area contributed by atoms with Crippen LogP contribution in [0.25, 0.3) is 0 Å². The fourth-order valence-corrected chi connectivity index (χ4v) is 3.50. The Labute approximate surface area is 106 Å². The quantitative estimate of drug-likeness (QED) is 0.743. The zero-order valence-corrected chi connectivity index (χ0v) is 10.7. The summed E-state index contributed by atoms with van der Waals surface area (Å²) in [6.45, 7) is 4.24. The van der Waals surface area contributed by atoms with Crippen molar-refractivity contribution in [1.82, 2.24) is 5.32 Å². The van der Waals surface area contributed by atoms with Crippen LogP contribution in [0.5, 0.6) is 0 Å². The van der Waals surface area contributed by atoms with Crippen molar-refractivity contribution in [2.75, 3.05) is 0 Å². The van der Waals surface area contributed by atoms with Gasteiger partial charge in [-0.3, -0.25) is 9.59 Å². The van der Waals surface area contributed by atoms with E-state index in [0.717, 1.165) is 12.8 Å². The zero-order valence-electron chi connectivity index (χ0n) is 10.7. The molecule has 0 aromatic rings. The lowest BCUT2D eigenvalue weighted by atomic mass is 9.82. The Hall–Kier alpha value is -1.32. The molecule has 0 aromatic carbocycles. The average molecular weight is 249 g/mol. The number of allylic oxidation sites excluding steroid dienone is 2. The van der Waals surface area contributed by atoms with Gasteiger partial charge in [-0.15, -0.1) is 0 Å².